The van der Waals surface area contributed by atoms with E-state index in [1.54, 1.807) is 0 Å². The fourth-order valence-corrected chi connectivity index (χ4v) is 3.02. The summed E-state index contributed by atoms with van der Waals surface area (Å²) >= 11 is 0. The monoisotopic (exact) mass is 240 g/mol. The largest absolute Gasteiger partial charge is 0.377 e. The fraction of sp³-hybridized carbons (Fsp3) is 1.00. The second kappa shape index (κ2) is 7.34. The highest BCUT2D eigenvalue weighted by Crippen LogP contribution is 2.15. The lowest BCUT2D eigenvalue weighted by atomic mass is 10.1. The molecule has 17 heavy (non-hydrogen) atoms. The molecule has 2 atom stereocenters. The van der Waals surface area contributed by atoms with Gasteiger partial charge in [0.2, 0.25) is 0 Å². The Morgan fingerprint density at radius 2 is 2.24 bits per heavy atom. The summed E-state index contributed by atoms with van der Waals surface area (Å²) in [6.45, 7) is 8.04. The third-order valence-corrected chi connectivity index (χ3v) is 4.12. The highest BCUT2D eigenvalue weighted by atomic mass is 16.5. The molecule has 0 aromatic heterocycles. The molecule has 2 aliphatic rings. The maximum Gasteiger partial charge on any atom is 0.0702 e. The van der Waals surface area contributed by atoms with Gasteiger partial charge in [-0.25, -0.2) is 0 Å². The molecule has 3 heteroatoms. The lowest BCUT2D eigenvalue weighted by Gasteiger charge is -2.24. The van der Waals surface area contributed by atoms with E-state index in [-0.39, 0.29) is 0 Å². The molecule has 2 aliphatic heterocycles. The maximum atomic E-state index is 5.71. The zero-order valence-corrected chi connectivity index (χ0v) is 11.3. The van der Waals surface area contributed by atoms with Crippen LogP contribution in [0.3, 0.4) is 0 Å². The van der Waals surface area contributed by atoms with Gasteiger partial charge in [0.15, 0.2) is 0 Å². The molecule has 0 aromatic rings. The summed E-state index contributed by atoms with van der Waals surface area (Å²) in [5.74, 6) is 0. The molecule has 0 spiro atoms. The van der Waals surface area contributed by atoms with E-state index in [2.05, 4.69) is 17.1 Å². The zero-order valence-electron chi connectivity index (χ0n) is 11.3. The number of ether oxygens (including phenoxy) is 1. The summed E-state index contributed by atoms with van der Waals surface area (Å²) in [6, 6.07) is 0.802. The van der Waals surface area contributed by atoms with Crippen LogP contribution >= 0.6 is 0 Å². The highest BCUT2D eigenvalue weighted by Gasteiger charge is 2.19. The van der Waals surface area contributed by atoms with Crippen LogP contribution in [0.2, 0.25) is 0 Å². The molecule has 2 heterocycles. The van der Waals surface area contributed by atoms with E-state index in [0.717, 1.165) is 25.7 Å². The van der Waals surface area contributed by atoms with Crippen LogP contribution in [-0.4, -0.2) is 49.8 Å². The van der Waals surface area contributed by atoms with E-state index in [9.17, 15) is 0 Å². The SMILES string of the molecule is CCN(CCCC1CCCN1)CC1CCCO1. The zero-order chi connectivity index (χ0) is 11.9. The third-order valence-electron chi connectivity index (χ3n) is 4.12. The number of hydrogen-bond donors (Lipinski definition) is 1. The van der Waals surface area contributed by atoms with Gasteiger partial charge < -0.3 is 15.0 Å². The van der Waals surface area contributed by atoms with Crippen LogP contribution in [0, 0.1) is 0 Å². The number of nitrogens with zero attached hydrogens (tertiary/aromatic N) is 1. The van der Waals surface area contributed by atoms with Crippen LogP contribution in [0.5, 0.6) is 0 Å². The van der Waals surface area contributed by atoms with Gasteiger partial charge in [-0.05, 0) is 58.2 Å². The van der Waals surface area contributed by atoms with E-state index >= 15 is 0 Å². The molecule has 0 aliphatic carbocycles. The molecule has 0 bridgehead atoms. The van der Waals surface area contributed by atoms with Gasteiger partial charge in [0.05, 0.1) is 6.10 Å². The molecule has 2 saturated heterocycles. The average Bonchev–Trinajstić information content (AvgIpc) is 3.00. The number of hydrogen-bond acceptors (Lipinski definition) is 3. The second-order valence-electron chi connectivity index (χ2n) is 5.46. The van der Waals surface area contributed by atoms with Crippen LogP contribution in [0.25, 0.3) is 0 Å². The van der Waals surface area contributed by atoms with Crippen molar-refractivity contribution in [2.45, 2.75) is 57.6 Å². The van der Waals surface area contributed by atoms with Crippen molar-refractivity contribution in [3.8, 4) is 0 Å². The van der Waals surface area contributed by atoms with E-state index < -0.39 is 0 Å². The summed E-state index contributed by atoms with van der Waals surface area (Å²) in [6.07, 6.45) is 8.48. The Kier molecular flexibility index (Phi) is 5.75. The van der Waals surface area contributed by atoms with Crippen molar-refractivity contribution < 1.29 is 4.74 Å². The molecular weight excluding hydrogens is 212 g/mol. The first-order valence-corrected chi connectivity index (χ1v) is 7.46. The van der Waals surface area contributed by atoms with Gasteiger partial charge in [-0.3, -0.25) is 0 Å². The molecule has 0 aromatic carbocycles. The molecule has 2 rings (SSSR count). The number of likely N-dealkylation sites (N-methyl/N-ethyl adjacent to an activating group) is 1. The first kappa shape index (κ1) is 13.3. The Bertz CT molecular complexity index is 198. The van der Waals surface area contributed by atoms with Crippen molar-refractivity contribution in [2.75, 3.05) is 32.8 Å². The standard InChI is InChI=1S/C14H28N2O/c1-2-16(12-14-8-5-11-17-14)10-4-7-13-6-3-9-15-13/h13-15H,2-12H2,1H3. The lowest BCUT2D eigenvalue weighted by Crippen LogP contribution is -2.33. The van der Waals surface area contributed by atoms with Crippen LogP contribution in [-0.2, 0) is 4.74 Å². The molecule has 1 N–H and O–H groups in total. The van der Waals surface area contributed by atoms with Crippen LogP contribution in [0.1, 0.15) is 45.4 Å². The van der Waals surface area contributed by atoms with Crippen LogP contribution < -0.4 is 5.32 Å². The van der Waals surface area contributed by atoms with Gasteiger partial charge in [0, 0.05) is 19.2 Å². The van der Waals surface area contributed by atoms with Gasteiger partial charge >= 0.3 is 0 Å². The molecule has 3 nitrogen and oxygen atoms in total. The molecule has 0 radical (unpaired) electrons. The first-order chi connectivity index (χ1) is 8.38. The van der Waals surface area contributed by atoms with E-state index in [4.69, 9.17) is 4.74 Å². The van der Waals surface area contributed by atoms with Gasteiger partial charge in [0.25, 0.3) is 0 Å². The molecule has 100 valence electrons. The predicted molar refractivity (Wildman–Crippen MR) is 71.3 cm³/mol. The molecule has 0 amide bonds. The van der Waals surface area contributed by atoms with Gasteiger partial charge in [-0.15, -0.1) is 0 Å². The lowest BCUT2D eigenvalue weighted by molar-refractivity contribution is 0.0741. The minimum Gasteiger partial charge on any atom is -0.377 e. The van der Waals surface area contributed by atoms with Gasteiger partial charge in [0.1, 0.15) is 0 Å². The van der Waals surface area contributed by atoms with E-state index in [0.29, 0.717) is 6.10 Å². The smallest absolute Gasteiger partial charge is 0.0702 e. The minimum atomic E-state index is 0.513. The van der Waals surface area contributed by atoms with E-state index in [1.807, 2.05) is 0 Å². The number of rotatable bonds is 7. The first-order valence-electron chi connectivity index (χ1n) is 7.46. The topological polar surface area (TPSA) is 24.5 Å². The van der Waals surface area contributed by atoms with Crippen molar-refractivity contribution in [1.82, 2.24) is 10.2 Å². The van der Waals surface area contributed by atoms with Crippen LogP contribution in [0.4, 0.5) is 0 Å². The highest BCUT2D eigenvalue weighted by molar-refractivity contribution is 4.75. The summed E-state index contributed by atoms with van der Waals surface area (Å²) in [5, 5.41) is 3.58. The van der Waals surface area contributed by atoms with E-state index in [1.165, 1.54) is 51.6 Å². The number of nitrogens with one attached hydrogen (secondary N) is 1. The Hall–Kier alpha value is -0.120. The van der Waals surface area contributed by atoms with Crippen molar-refractivity contribution in [3.63, 3.8) is 0 Å². The molecule has 2 fully saturated rings. The molecule has 2 unspecified atom stereocenters. The van der Waals surface area contributed by atoms with Crippen molar-refractivity contribution >= 4 is 0 Å². The van der Waals surface area contributed by atoms with Gasteiger partial charge in [-0.2, -0.15) is 0 Å². The second-order valence-corrected chi connectivity index (χ2v) is 5.46. The van der Waals surface area contributed by atoms with Crippen molar-refractivity contribution in [3.05, 3.63) is 0 Å². The summed E-state index contributed by atoms with van der Waals surface area (Å²) in [4.78, 5) is 2.56. The third kappa shape index (κ3) is 4.57. The maximum absolute atomic E-state index is 5.71. The Labute approximate surface area is 106 Å². The Morgan fingerprint density at radius 3 is 2.88 bits per heavy atom. The average molecular weight is 240 g/mol. The summed E-state index contributed by atoms with van der Waals surface area (Å²) in [7, 11) is 0. The Morgan fingerprint density at radius 1 is 1.29 bits per heavy atom. The fourth-order valence-electron chi connectivity index (χ4n) is 3.02. The van der Waals surface area contributed by atoms with Crippen molar-refractivity contribution in [2.24, 2.45) is 0 Å². The van der Waals surface area contributed by atoms with Gasteiger partial charge in [-0.1, -0.05) is 6.92 Å². The quantitative estimate of drug-likeness (QED) is 0.737. The molecular formula is C14H28N2O. The normalized spacial score (nSPS) is 29.3. The summed E-state index contributed by atoms with van der Waals surface area (Å²) < 4.78 is 5.71. The predicted octanol–water partition coefficient (Wildman–Crippen LogP) is 2.02. The summed E-state index contributed by atoms with van der Waals surface area (Å²) in [5.41, 5.74) is 0. The Balaban J connectivity index is 1.57. The van der Waals surface area contributed by atoms with Crippen molar-refractivity contribution in [1.29, 1.82) is 0 Å². The van der Waals surface area contributed by atoms with Crippen LogP contribution in [0.15, 0.2) is 0 Å². The molecule has 0 saturated carbocycles. The minimum absolute atomic E-state index is 0.513.